The minimum Gasteiger partial charge on any atom is -0.482 e. The number of fused-ring (bicyclic) bond motifs is 1. The third kappa shape index (κ3) is 5.71. The van der Waals surface area contributed by atoms with Crippen LogP contribution in [0.3, 0.4) is 0 Å². The first kappa shape index (κ1) is 21.7. The number of nitrogens with zero attached hydrogens (tertiary/aromatic N) is 3. The predicted octanol–water partition coefficient (Wildman–Crippen LogP) is 3.26. The van der Waals surface area contributed by atoms with E-state index in [0.717, 1.165) is 29.3 Å². The Labute approximate surface area is 171 Å². The molecule has 0 aliphatic carbocycles. The molecule has 0 saturated heterocycles. The van der Waals surface area contributed by atoms with Crippen LogP contribution in [0.2, 0.25) is 0 Å². The Balaban J connectivity index is 0.00000280. The number of aliphatic hydroxyl groups is 1. The number of hydrogen-bond donors (Lipinski definition) is 3. The lowest BCUT2D eigenvalue weighted by molar-refractivity contribution is 0.275. The van der Waals surface area contributed by atoms with E-state index in [2.05, 4.69) is 27.2 Å². The van der Waals surface area contributed by atoms with Gasteiger partial charge in [0.25, 0.3) is 0 Å². The van der Waals surface area contributed by atoms with Crippen LogP contribution in [0.25, 0.3) is 10.8 Å². The van der Waals surface area contributed by atoms with Gasteiger partial charge in [0.1, 0.15) is 6.61 Å². The zero-order valence-corrected chi connectivity index (χ0v) is 16.9. The summed E-state index contributed by atoms with van der Waals surface area (Å²) in [6.45, 7) is 2.50. The van der Waals surface area contributed by atoms with Crippen LogP contribution < -0.4 is 15.8 Å². The molecule has 8 heteroatoms. The Bertz CT molecular complexity index is 887. The van der Waals surface area contributed by atoms with Crippen molar-refractivity contribution in [3.05, 3.63) is 48.4 Å². The second kappa shape index (κ2) is 10.7. The monoisotopic (exact) mass is 401 g/mol. The summed E-state index contributed by atoms with van der Waals surface area (Å²) in [5.41, 5.74) is 6.56. The number of aromatic nitrogens is 3. The average Bonchev–Trinajstić information content (AvgIpc) is 2.67. The van der Waals surface area contributed by atoms with E-state index in [4.69, 9.17) is 10.5 Å². The van der Waals surface area contributed by atoms with E-state index in [9.17, 15) is 5.11 Å². The van der Waals surface area contributed by atoms with Gasteiger partial charge in [-0.15, -0.1) is 0 Å². The lowest BCUT2D eigenvalue weighted by Crippen LogP contribution is -2.22. The number of nitrogens with two attached hydrogens (primary N) is 1. The first-order valence-electron chi connectivity index (χ1n) is 9.16. The SMILES string of the molecule is CCC[C@@H](CCO)Nc1nc(N)ncc1OCc1cc2ccccc2cn1.S. The molecule has 7 nitrogen and oxygen atoms in total. The third-order valence-electron chi connectivity index (χ3n) is 4.29. The summed E-state index contributed by atoms with van der Waals surface area (Å²) < 4.78 is 5.92. The molecule has 0 fully saturated rings. The number of aliphatic hydroxyl groups excluding tert-OH is 1. The first-order chi connectivity index (χ1) is 13.2. The quantitative estimate of drug-likeness (QED) is 0.505. The maximum Gasteiger partial charge on any atom is 0.222 e. The summed E-state index contributed by atoms with van der Waals surface area (Å²) in [5.74, 6) is 1.22. The molecule has 3 aromatic rings. The summed E-state index contributed by atoms with van der Waals surface area (Å²) >= 11 is 0. The van der Waals surface area contributed by atoms with Gasteiger partial charge >= 0.3 is 0 Å². The van der Waals surface area contributed by atoms with E-state index in [1.807, 2.05) is 36.5 Å². The Hall–Kier alpha value is -2.58. The molecule has 0 saturated carbocycles. The molecular weight excluding hydrogens is 374 g/mol. The van der Waals surface area contributed by atoms with Crippen molar-refractivity contribution in [3.8, 4) is 5.75 Å². The molecule has 0 spiro atoms. The fraction of sp³-hybridized carbons (Fsp3) is 0.350. The zero-order valence-electron chi connectivity index (χ0n) is 15.9. The third-order valence-corrected chi connectivity index (χ3v) is 4.29. The molecule has 0 amide bonds. The number of benzene rings is 1. The summed E-state index contributed by atoms with van der Waals surface area (Å²) in [7, 11) is 0. The van der Waals surface area contributed by atoms with Crippen molar-refractivity contribution < 1.29 is 9.84 Å². The topological polar surface area (TPSA) is 106 Å². The van der Waals surface area contributed by atoms with Gasteiger partial charge in [0, 0.05) is 24.2 Å². The van der Waals surface area contributed by atoms with Crippen molar-refractivity contribution in [3.63, 3.8) is 0 Å². The van der Waals surface area contributed by atoms with E-state index in [0.29, 0.717) is 24.6 Å². The smallest absolute Gasteiger partial charge is 0.222 e. The minimum absolute atomic E-state index is 0. The highest BCUT2D eigenvalue weighted by atomic mass is 32.1. The summed E-state index contributed by atoms with van der Waals surface area (Å²) in [6.07, 6.45) is 5.94. The lowest BCUT2D eigenvalue weighted by Gasteiger charge is -2.19. The van der Waals surface area contributed by atoms with Gasteiger partial charge in [0.2, 0.25) is 5.95 Å². The second-order valence-corrected chi connectivity index (χ2v) is 6.39. The number of anilines is 2. The predicted molar refractivity (Wildman–Crippen MR) is 117 cm³/mol. The molecule has 0 bridgehead atoms. The van der Waals surface area contributed by atoms with Gasteiger partial charge in [-0.05, 0) is 24.3 Å². The van der Waals surface area contributed by atoms with Crippen molar-refractivity contribution in [2.45, 2.75) is 38.8 Å². The summed E-state index contributed by atoms with van der Waals surface area (Å²) in [4.78, 5) is 12.7. The molecule has 0 unspecified atom stereocenters. The average molecular weight is 402 g/mol. The van der Waals surface area contributed by atoms with Crippen LogP contribution >= 0.6 is 13.5 Å². The van der Waals surface area contributed by atoms with E-state index in [-0.39, 0.29) is 32.1 Å². The molecular formula is C20H27N5O2S. The highest BCUT2D eigenvalue weighted by Gasteiger charge is 2.14. The first-order valence-corrected chi connectivity index (χ1v) is 9.16. The Morgan fingerprint density at radius 2 is 1.93 bits per heavy atom. The van der Waals surface area contributed by atoms with Gasteiger partial charge in [-0.3, -0.25) is 4.98 Å². The molecule has 3 rings (SSSR count). The van der Waals surface area contributed by atoms with Crippen molar-refractivity contribution in [1.29, 1.82) is 0 Å². The maximum atomic E-state index is 9.27. The molecule has 1 aromatic carbocycles. The molecule has 2 aromatic heterocycles. The minimum atomic E-state index is 0. The highest BCUT2D eigenvalue weighted by molar-refractivity contribution is 7.59. The molecule has 150 valence electrons. The fourth-order valence-corrected chi connectivity index (χ4v) is 2.94. The van der Waals surface area contributed by atoms with Gasteiger partial charge < -0.3 is 20.9 Å². The number of pyridine rings is 1. The number of ether oxygens (including phenoxy) is 1. The fourth-order valence-electron chi connectivity index (χ4n) is 2.94. The van der Waals surface area contributed by atoms with Crippen LogP contribution in [0.1, 0.15) is 31.9 Å². The molecule has 0 aliphatic rings. The Kier molecular flexibility index (Phi) is 8.28. The maximum absolute atomic E-state index is 9.27. The van der Waals surface area contributed by atoms with Crippen LogP contribution in [0, 0.1) is 0 Å². The standard InChI is InChI=1S/C20H25N5O2.H2S/c1-2-5-16(8-9-26)24-19-18(12-23-20(21)25-19)27-13-17-10-14-6-3-4-7-15(14)11-22-17;/h3-4,6-7,10-12,16,26H,2,5,8-9,13H2,1H3,(H3,21,23,24,25);1H2/t16-;/m0./s1. The molecule has 1 atom stereocenters. The van der Waals surface area contributed by atoms with Crippen molar-refractivity contribution >= 4 is 36.0 Å². The number of rotatable bonds is 9. The van der Waals surface area contributed by atoms with Crippen molar-refractivity contribution in [1.82, 2.24) is 15.0 Å². The number of nitrogen functional groups attached to an aromatic ring is 1. The molecule has 0 radical (unpaired) electrons. The van der Waals surface area contributed by atoms with E-state index in [1.54, 1.807) is 6.20 Å². The Morgan fingerprint density at radius 3 is 2.68 bits per heavy atom. The van der Waals surface area contributed by atoms with E-state index < -0.39 is 0 Å². The normalized spacial score (nSPS) is 11.6. The largest absolute Gasteiger partial charge is 0.482 e. The lowest BCUT2D eigenvalue weighted by atomic mass is 10.1. The van der Waals surface area contributed by atoms with E-state index >= 15 is 0 Å². The molecule has 4 N–H and O–H groups in total. The summed E-state index contributed by atoms with van der Waals surface area (Å²) in [5, 5.41) is 14.8. The summed E-state index contributed by atoms with van der Waals surface area (Å²) in [6, 6.07) is 10.2. The van der Waals surface area contributed by atoms with Crippen LogP contribution in [-0.4, -0.2) is 32.7 Å². The van der Waals surface area contributed by atoms with Crippen molar-refractivity contribution in [2.24, 2.45) is 0 Å². The van der Waals surface area contributed by atoms with Crippen LogP contribution in [0.4, 0.5) is 11.8 Å². The van der Waals surface area contributed by atoms with Gasteiger partial charge in [-0.1, -0.05) is 37.6 Å². The zero-order chi connectivity index (χ0) is 19.1. The van der Waals surface area contributed by atoms with Gasteiger partial charge in [0.05, 0.1) is 11.9 Å². The van der Waals surface area contributed by atoms with Crippen LogP contribution in [0.15, 0.2) is 42.7 Å². The van der Waals surface area contributed by atoms with Crippen LogP contribution in [-0.2, 0) is 6.61 Å². The molecule has 28 heavy (non-hydrogen) atoms. The molecule has 2 heterocycles. The number of nitrogens with one attached hydrogen (secondary N) is 1. The van der Waals surface area contributed by atoms with Crippen LogP contribution in [0.5, 0.6) is 5.75 Å². The Morgan fingerprint density at radius 1 is 1.14 bits per heavy atom. The second-order valence-electron chi connectivity index (χ2n) is 6.39. The van der Waals surface area contributed by atoms with Gasteiger partial charge in [-0.2, -0.15) is 18.5 Å². The molecule has 0 aliphatic heterocycles. The van der Waals surface area contributed by atoms with Crippen molar-refractivity contribution in [2.75, 3.05) is 17.7 Å². The number of hydrogen-bond acceptors (Lipinski definition) is 7. The van der Waals surface area contributed by atoms with Gasteiger partial charge in [0.15, 0.2) is 11.6 Å². The highest BCUT2D eigenvalue weighted by Crippen LogP contribution is 2.25. The van der Waals surface area contributed by atoms with Gasteiger partial charge in [-0.25, -0.2) is 4.98 Å². The van der Waals surface area contributed by atoms with E-state index in [1.165, 1.54) is 0 Å².